The Labute approximate surface area is 180 Å². The summed E-state index contributed by atoms with van der Waals surface area (Å²) in [5, 5.41) is 3.13. The summed E-state index contributed by atoms with van der Waals surface area (Å²) in [6.07, 6.45) is 2.59. The Morgan fingerprint density at radius 2 is 1.60 bits per heavy atom. The average Bonchev–Trinajstić information content (AvgIpc) is 2.80. The number of rotatable bonds is 5. The molecule has 2 aliphatic heterocycles. The summed E-state index contributed by atoms with van der Waals surface area (Å²) in [6, 6.07) is 16.5. The Kier molecular flexibility index (Phi) is 6.58. The van der Waals surface area contributed by atoms with Crippen LogP contribution in [0.5, 0.6) is 0 Å². The van der Waals surface area contributed by atoms with Gasteiger partial charge in [0.05, 0.1) is 19.3 Å². The third-order valence-electron chi connectivity index (χ3n) is 6.27. The van der Waals surface area contributed by atoms with Crippen molar-refractivity contribution in [3.05, 3.63) is 59.7 Å². The molecule has 160 valence electrons. The van der Waals surface area contributed by atoms with Gasteiger partial charge in [0.15, 0.2) is 0 Å². The van der Waals surface area contributed by atoms with Crippen molar-refractivity contribution >= 4 is 17.3 Å². The van der Waals surface area contributed by atoms with E-state index >= 15 is 0 Å². The van der Waals surface area contributed by atoms with Crippen LogP contribution in [0.25, 0.3) is 0 Å². The summed E-state index contributed by atoms with van der Waals surface area (Å²) in [7, 11) is 0. The third kappa shape index (κ3) is 4.96. The minimum Gasteiger partial charge on any atom is -0.378 e. The first-order chi connectivity index (χ1) is 14.6. The zero-order chi connectivity index (χ0) is 20.9. The van der Waals surface area contributed by atoms with Crippen LogP contribution in [0, 0.1) is 5.92 Å². The Balaban J connectivity index is 1.34. The van der Waals surface area contributed by atoms with Crippen LogP contribution in [-0.4, -0.2) is 45.3 Å². The van der Waals surface area contributed by atoms with Crippen molar-refractivity contribution < 1.29 is 9.53 Å². The average molecular weight is 408 g/mol. The number of ether oxygens (including phenoxy) is 1. The van der Waals surface area contributed by atoms with E-state index in [1.165, 1.54) is 18.5 Å². The van der Waals surface area contributed by atoms with E-state index in [9.17, 15) is 4.79 Å². The van der Waals surface area contributed by atoms with E-state index in [0.717, 1.165) is 56.6 Å². The Morgan fingerprint density at radius 3 is 2.27 bits per heavy atom. The van der Waals surface area contributed by atoms with Gasteiger partial charge in [-0.25, -0.2) is 0 Å². The number of hydrogen-bond donors (Lipinski definition) is 1. The maximum absolute atomic E-state index is 12.7. The highest BCUT2D eigenvalue weighted by molar-refractivity contribution is 5.94. The molecule has 5 nitrogen and oxygen atoms in total. The lowest BCUT2D eigenvalue weighted by atomic mass is 9.99. The molecule has 30 heavy (non-hydrogen) atoms. The van der Waals surface area contributed by atoms with Crippen LogP contribution >= 0.6 is 0 Å². The minimum atomic E-state index is -0.0371. The van der Waals surface area contributed by atoms with Crippen molar-refractivity contribution in [3.63, 3.8) is 0 Å². The number of piperidine rings is 1. The molecule has 2 atom stereocenters. The van der Waals surface area contributed by atoms with E-state index < -0.39 is 0 Å². The van der Waals surface area contributed by atoms with Crippen molar-refractivity contribution in [2.24, 2.45) is 5.92 Å². The highest BCUT2D eigenvalue weighted by Gasteiger charge is 2.18. The van der Waals surface area contributed by atoms with Gasteiger partial charge in [-0.2, -0.15) is 0 Å². The van der Waals surface area contributed by atoms with E-state index in [4.69, 9.17) is 4.74 Å². The fourth-order valence-corrected chi connectivity index (χ4v) is 4.41. The van der Waals surface area contributed by atoms with E-state index in [-0.39, 0.29) is 11.9 Å². The fourth-order valence-electron chi connectivity index (χ4n) is 4.41. The van der Waals surface area contributed by atoms with Gasteiger partial charge in [-0.3, -0.25) is 4.79 Å². The molecule has 2 heterocycles. The third-order valence-corrected chi connectivity index (χ3v) is 6.27. The largest absolute Gasteiger partial charge is 0.378 e. The quantitative estimate of drug-likeness (QED) is 0.805. The second-order valence-corrected chi connectivity index (χ2v) is 8.63. The predicted octanol–water partition coefficient (Wildman–Crippen LogP) is 4.25. The number of morpholine rings is 1. The molecule has 2 unspecified atom stereocenters. The summed E-state index contributed by atoms with van der Waals surface area (Å²) >= 11 is 0. The van der Waals surface area contributed by atoms with Crippen molar-refractivity contribution in [2.75, 3.05) is 49.2 Å². The summed E-state index contributed by atoms with van der Waals surface area (Å²) in [5.74, 6) is 0.719. The monoisotopic (exact) mass is 407 g/mol. The minimum absolute atomic E-state index is 0.0363. The van der Waals surface area contributed by atoms with Gasteiger partial charge in [0.1, 0.15) is 0 Å². The molecule has 1 N–H and O–H groups in total. The van der Waals surface area contributed by atoms with Gasteiger partial charge in [0.25, 0.3) is 5.91 Å². The fraction of sp³-hybridized carbons (Fsp3) is 0.480. The molecule has 2 aromatic rings. The zero-order valence-electron chi connectivity index (χ0n) is 18.1. The van der Waals surface area contributed by atoms with Crippen LogP contribution in [0.15, 0.2) is 48.5 Å². The van der Waals surface area contributed by atoms with Crippen molar-refractivity contribution in [3.8, 4) is 0 Å². The molecule has 0 spiro atoms. The molecule has 0 saturated carbocycles. The molecule has 2 saturated heterocycles. The van der Waals surface area contributed by atoms with E-state index in [1.54, 1.807) is 0 Å². The molecular formula is C25H33N3O2. The van der Waals surface area contributed by atoms with Crippen LogP contribution < -0.4 is 15.1 Å². The van der Waals surface area contributed by atoms with Crippen LogP contribution in [0.3, 0.4) is 0 Å². The molecule has 0 aliphatic carbocycles. The van der Waals surface area contributed by atoms with Gasteiger partial charge in [0, 0.05) is 43.1 Å². The SMILES string of the molecule is CC1CCCN(c2ccc(C(C)NC(=O)c3ccc(N4CCOCC4)cc3)cc2)C1. The first kappa shape index (κ1) is 20.7. The molecule has 4 rings (SSSR count). The number of nitrogens with zero attached hydrogens (tertiary/aromatic N) is 2. The van der Waals surface area contributed by atoms with Gasteiger partial charge in [-0.1, -0.05) is 19.1 Å². The lowest BCUT2D eigenvalue weighted by Gasteiger charge is -2.33. The molecule has 2 fully saturated rings. The maximum atomic E-state index is 12.7. The summed E-state index contributed by atoms with van der Waals surface area (Å²) in [6.45, 7) is 9.95. The summed E-state index contributed by atoms with van der Waals surface area (Å²) in [4.78, 5) is 17.5. The number of nitrogens with one attached hydrogen (secondary N) is 1. The molecule has 2 aromatic carbocycles. The second kappa shape index (κ2) is 9.52. The van der Waals surface area contributed by atoms with Crippen LogP contribution in [0.2, 0.25) is 0 Å². The maximum Gasteiger partial charge on any atom is 0.251 e. The molecule has 1 amide bonds. The highest BCUT2D eigenvalue weighted by atomic mass is 16.5. The lowest BCUT2D eigenvalue weighted by molar-refractivity contribution is 0.0940. The van der Waals surface area contributed by atoms with Crippen LogP contribution in [0.1, 0.15) is 48.7 Å². The Morgan fingerprint density at radius 1 is 0.967 bits per heavy atom. The number of carbonyl (C=O) groups excluding carboxylic acids is 1. The molecule has 2 aliphatic rings. The van der Waals surface area contributed by atoms with Gasteiger partial charge in [0.2, 0.25) is 0 Å². The van der Waals surface area contributed by atoms with E-state index in [1.807, 2.05) is 31.2 Å². The van der Waals surface area contributed by atoms with E-state index in [0.29, 0.717) is 5.56 Å². The first-order valence-corrected chi connectivity index (χ1v) is 11.2. The summed E-state index contributed by atoms with van der Waals surface area (Å²) in [5.41, 5.74) is 4.24. The number of anilines is 2. The highest BCUT2D eigenvalue weighted by Crippen LogP contribution is 2.25. The topological polar surface area (TPSA) is 44.8 Å². The zero-order valence-corrected chi connectivity index (χ0v) is 18.1. The number of hydrogen-bond acceptors (Lipinski definition) is 4. The van der Waals surface area contributed by atoms with Crippen LogP contribution in [-0.2, 0) is 4.74 Å². The van der Waals surface area contributed by atoms with Gasteiger partial charge < -0.3 is 19.9 Å². The molecule has 0 bridgehead atoms. The predicted molar refractivity (Wildman–Crippen MR) is 122 cm³/mol. The number of benzene rings is 2. The van der Waals surface area contributed by atoms with Crippen molar-refractivity contribution in [1.82, 2.24) is 5.32 Å². The number of carbonyl (C=O) groups is 1. The van der Waals surface area contributed by atoms with Gasteiger partial charge >= 0.3 is 0 Å². The number of amides is 1. The first-order valence-electron chi connectivity index (χ1n) is 11.2. The van der Waals surface area contributed by atoms with Crippen LogP contribution in [0.4, 0.5) is 11.4 Å². The molecule has 0 aromatic heterocycles. The smallest absolute Gasteiger partial charge is 0.251 e. The molecule has 5 heteroatoms. The normalized spacial score (nSPS) is 20.7. The standard InChI is InChI=1S/C25H33N3O2/c1-19-4-3-13-28(18-19)24-9-5-21(6-10-24)20(2)26-25(29)22-7-11-23(12-8-22)27-14-16-30-17-15-27/h5-12,19-20H,3-4,13-18H2,1-2H3,(H,26,29). The van der Waals surface area contributed by atoms with Crippen molar-refractivity contribution in [2.45, 2.75) is 32.7 Å². The Bertz CT molecular complexity index is 828. The molecule has 0 radical (unpaired) electrons. The van der Waals surface area contributed by atoms with E-state index in [2.05, 4.69) is 46.3 Å². The summed E-state index contributed by atoms with van der Waals surface area (Å²) < 4.78 is 5.41. The van der Waals surface area contributed by atoms with Gasteiger partial charge in [-0.05, 0) is 67.6 Å². The lowest BCUT2D eigenvalue weighted by Crippen LogP contribution is -2.36. The van der Waals surface area contributed by atoms with Crippen molar-refractivity contribution in [1.29, 1.82) is 0 Å². The van der Waals surface area contributed by atoms with Gasteiger partial charge in [-0.15, -0.1) is 0 Å². The molecular weight excluding hydrogens is 374 g/mol. The Hall–Kier alpha value is -2.53. The second-order valence-electron chi connectivity index (χ2n) is 8.63.